The van der Waals surface area contributed by atoms with Gasteiger partial charge in [-0.3, -0.25) is 0 Å². The van der Waals surface area contributed by atoms with Crippen LogP contribution in [0.2, 0.25) is 0 Å². The van der Waals surface area contributed by atoms with Crippen LogP contribution in [0.1, 0.15) is 50.7 Å². The van der Waals surface area contributed by atoms with Gasteiger partial charge in [0.25, 0.3) is 0 Å². The van der Waals surface area contributed by atoms with Crippen molar-refractivity contribution in [2.45, 2.75) is 44.9 Å². The van der Waals surface area contributed by atoms with Gasteiger partial charge in [0.05, 0.1) is 11.0 Å². The first-order chi connectivity index (χ1) is 27.6. The lowest BCUT2D eigenvalue weighted by molar-refractivity contribution is 0.0426. The van der Waals surface area contributed by atoms with E-state index in [1.807, 2.05) is 0 Å². The number of hydrogen-bond donors (Lipinski definition) is 0. The number of rotatable bonds is 3. The molecule has 5 unspecified atom stereocenters. The zero-order valence-corrected chi connectivity index (χ0v) is 32.2. The standard InChI is InChI=1S/C55H45N/c1-34-28-36-30-35(2)55(39(29-34)31-36)49-22-12-10-16-41(49)42-26-24-38(33-50(42)55)54-46-20-8-6-18-44(46)53(45-19-7-9-21-47(45)54)37-25-27-52-48(32-37)43-17-11-13-23-51(43)56(52)40-14-4-3-5-15-40/h3-27,32-36,39H,28-31H2,1-2H3. The predicted octanol–water partition coefficient (Wildman–Crippen LogP) is 14.8. The van der Waals surface area contributed by atoms with E-state index in [2.05, 4.69) is 182 Å². The molecule has 270 valence electrons. The monoisotopic (exact) mass is 719 g/mol. The summed E-state index contributed by atoms with van der Waals surface area (Å²) < 4.78 is 2.41. The first kappa shape index (κ1) is 32.3. The average molecular weight is 720 g/mol. The molecule has 1 spiro atoms. The normalized spacial score (nSPS) is 22.6. The lowest BCUT2D eigenvalue weighted by Gasteiger charge is -2.54. The second-order valence-corrected chi connectivity index (χ2v) is 17.4. The van der Waals surface area contributed by atoms with Gasteiger partial charge < -0.3 is 4.57 Å². The molecule has 0 saturated heterocycles. The zero-order valence-electron chi connectivity index (χ0n) is 32.2. The van der Waals surface area contributed by atoms with Gasteiger partial charge in [0.15, 0.2) is 0 Å². The van der Waals surface area contributed by atoms with E-state index in [1.165, 1.54) is 108 Å². The van der Waals surface area contributed by atoms with Crippen LogP contribution in [-0.4, -0.2) is 4.57 Å². The Morgan fingerprint density at radius 2 is 1.02 bits per heavy atom. The summed E-state index contributed by atoms with van der Waals surface area (Å²) in [7, 11) is 0. The van der Waals surface area contributed by atoms with Gasteiger partial charge >= 0.3 is 0 Å². The summed E-state index contributed by atoms with van der Waals surface area (Å²) in [5.41, 5.74) is 15.1. The van der Waals surface area contributed by atoms with Gasteiger partial charge in [0, 0.05) is 21.9 Å². The summed E-state index contributed by atoms with van der Waals surface area (Å²) in [5.74, 6) is 2.93. The van der Waals surface area contributed by atoms with Crippen LogP contribution in [0.25, 0.3) is 82.4 Å². The Kier molecular flexibility index (Phi) is 6.95. The average Bonchev–Trinajstić information content (AvgIpc) is 3.72. The molecule has 0 aliphatic heterocycles. The third-order valence-corrected chi connectivity index (χ3v) is 14.5. The summed E-state index contributed by atoms with van der Waals surface area (Å²) in [4.78, 5) is 0. The molecule has 9 aromatic rings. The van der Waals surface area contributed by atoms with E-state index < -0.39 is 0 Å². The summed E-state index contributed by atoms with van der Waals surface area (Å²) in [6.07, 6.45) is 5.42. The molecule has 2 bridgehead atoms. The van der Waals surface area contributed by atoms with Crippen molar-refractivity contribution in [3.63, 3.8) is 0 Å². The highest BCUT2D eigenvalue weighted by Crippen LogP contribution is 2.65. The van der Waals surface area contributed by atoms with Crippen LogP contribution in [0, 0.1) is 23.7 Å². The molecule has 0 amide bonds. The van der Waals surface area contributed by atoms with E-state index in [0.29, 0.717) is 11.8 Å². The Balaban J connectivity index is 1.10. The number of hydrogen-bond acceptors (Lipinski definition) is 0. The molecule has 8 aromatic carbocycles. The van der Waals surface area contributed by atoms with E-state index in [-0.39, 0.29) is 5.41 Å². The van der Waals surface area contributed by atoms with Gasteiger partial charge in [-0.05, 0) is 152 Å². The largest absolute Gasteiger partial charge is 0.309 e. The fourth-order valence-corrected chi connectivity index (χ4v) is 12.6. The first-order valence-electron chi connectivity index (χ1n) is 20.9. The van der Waals surface area contributed by atoms with Gasteiger partial charge in [0.1, 0.15) is 0 Å². The van der Waals surface area contributed by atoms with Crippen LogP contribution in [0.3, 0.4) is 0 Å². The molecule has 12 rings (SSSR count). The minimum Gasteiger partial charge on any atom is -0.309 e. The quantitative estimate of drug-likeness (QED) is 0.160. The lowest BCUT2D eigenvalue weighted by atomic mass is 9.49. The Morgan fingerprint density at radius 1 is 0.446 bits per heavy atom. The van der Waals surface area contributed by atoms with Crippen molar-refractivity contribution in [3.8, 4) is 39.1 Å². The van der Waals surface area contributed by atoms with E-state index in [0.717, 1.165) is 11.8 Å². The molecule has 0 radical (unpaired) electrons. The van der Waals surface area contributed by atoms with Gasteiger partial charge in [0.2, 0.25) is 0 Å². The fraction of sp³-hybridized carbons (Fsp3) is 0.200. The second kappa shape index (κ2) is 12.0. The van der Waals surface area contributed by atoms with Crippen molar-refractivity contribution in [2.75, 3.05) is 0 Å². The van der Waals surface area contributed by atoms with Crippen molar-refractivity contribution >= 4 is 43.4 Å². The second-order valence-electron chi connectivity index (χ2n) is 17.4. The Morgan fingerprint density at radius 3 is 1.75 bits per heavy atom. The van der Waals surface area contributed by atoms with Crippen LogP contribution >= 0.6 is 0 Å². The smallest absolute Gasteiger partial charge is 0.0541 e. The maximum atomic E-state index is 2.66. The topological polar surface area (TPSA) is 4.93 Å². The highest BCUT2D eigenvalue weighted by Gasteiger charge is 2.56. The van der Waals surface area contributed by atoms with Gasteiger partial charge in [-0.2, -0.15) is 0 Å². The minimum absolute atomic E-state index is 0.0625. The molecule has 2 saturated carbocycles. The Labute approximate surface area is 329 Å². The number of nitrogens with zero attached hydrogens (tertiary/aromatic N) is 1. The van der Waals surface area contributed by atoms with E-state index in [9.17, 15) is 0 Å². The van der Waals surface area contributed by atoms with E-state index in [1.54, 1.807) is 11.1 Å². The van der Waals surface area contributed by atoms with E-state index in [4.69, 9.17) is 0 Å². The van der Waals surface area contributed by atoms with Gasteiger partial charge in [-0.25, -0.2) is 0 Å². The van der Waals surface area contributed by atoms with Crippen LogP contribution < -0.4 is 0 Å². The molecule has 1 heteroatoms. The predicted molar refractivity (Wildman–Crippen MR) is 237 cm³/mol. The van der Waals surface area contributed by atoms with Crippen LogP contribution in [0.4, 0.5) is 0 Å². The molecule has 1 nitrogen and oxygen atoms in total. The van der Waals surface area contributed by atoms with Gasteiger partial charge in [-0.1, -0.05) is 141 Å². The third kappa shape index (κ3) is 4.37. The van der Waals surface area contributed by atoms with E-state index >= 15 is 0 Å². The molecule has 0 N–H and O–H groups in total. The molecule has 5 atom stereocenters. The van der Waals surface area contributed by atoms with Crippen LogP contribution in [0.5, 0.6) is 0 Å². The lowest BCUT2D eigenvalue weighted by Crippen LogP contribution is -2.49. The summed E-state index contributed by atoms with van der Waals surface area (Å²) in [6, 6.07) is 62.2. The number of aromatic nitrogens is 1. The molecule has 2 fully saturated rings. The molecule has 1 aromatic heterocycles. The molecular weight excluding hydrogens is 675 g/mol. The minimum atomic E-state index is 0.0625. The maximum absolute atomic E-state index is 2.66. The van der Waals surface area contributed by atoms with Crippen molar-refractivity contribution in [1.29, 1.82) is 0 Å². The Hall–Kier alpha value is -5.92. The highest BCUT2D eigenvalue weighted by molar-refractivity contribution is 6.22. The van der Waals surface area contributed by atoms with Gasteiger partial charge in [-0.15, -0.1) is 0 Å². The summed E-state index contributed by atoms with van der Waals surface area (Å²) in [6.45, 7) is 5.10. The van der Waals surface area contributed by atoms with Crippen molar-refractivity contribution in [3.05, 3.63) is 175 Å². The highest BCUT2D eigenvalue weighted by atomic mass is 15.0. The van der Waals surface area contributed by atoms with Crippen LogP contribution in [-0.2, 0) is 5.41 Å². The molecule has 3 aliphatic carbocycles. The van der Waals surface area contributed by atoms with Crippen molar-refractivity contribution in [1.82, 2.24) is 4.57 Å². The summed E-state index contributed by atoms with van der Waals surface area (Å²) in [5, 5.41) is 7.81. The van der Waals surface area contributed by atoms with Crippen molar-refractivity contribution in [2.24, 2.45) is 23.7 Å². The number of fused-ring (bicyclic) bond motifs is 13. The Bertz CT molecular complexity index is 2980. The molecule has 1 heterocycles. The van der Waals surface area contributed by atoms with Crippen molar-refractivity contribution < 1.29 is 0 Å². The summed E-state index contributed by atoms with van der Waals surface area (Å²) >= 11 is 0. The molecular formula is C55H45N. The first-order valence-corrected chi connectivity index (χ1v) is 20.9. The fourth-order valence-electron chi connectivity index (χ4n) is 12.6. The van der Waals surface area contributed by atoms with Crippen LogP contribution in [0.15, 0.2) is 164 Å². The zero-order chi connectivity index (χ0) is 37.1. The SMILES string of the molecule is CC1CC2CC(C)C3(c4ccccc4-c4ccc(-c5c6ccccc6c(-c6ccc7c(c6)c6ccccc6n7-c6ccccc6)c6ccccc56)cc43)C(C1)C2. The molecule has 3 aliphatic rings. The maximum Gasteiger partial charge on any atom is 0.0541 e. The number of para-hydroxylation sites is 2. The number of benzene rings is 8. The molecule has 56 heavy (non-hydrogen) atoms. The third-order valence-electron chi connectivity index (χ3n) is 14.5.